The summed E-state index contributed by atoms with van der Waals surface area (Å²) in [5.41, 5.74) is -0.0602. The maximum atomic E-state index is 14.9. The first-order chi connectivity index (χ1) is 26.7. The van der Waals surface area contributed by atoms with E-state index in [-0.39, 0.29) is 40.7 Å². The topological polar surface area (TPSA) is 162 Å². The summed E-state index contributed by atoms with van der Waals surface area (Å²) in [6.07, 6.45) is -12.4. The predicted molar refractivity (Wildman–Crippen MR) is 186 cm³/mol. The summed E-state index contributed by atoms with van der Waals surface area (Å²) in [4.78, 5) is 25.3. The number of aromatic nitrogens is 6. The molecule has 0 bridgehead atoms. The summed E-state index contributed by atoms with van der Waals surface area (Å²) in [7, 11) is 0. The van der Waals surface area contributed by atoms with Gasteiger partial charge in [-0.25, -0.2) is 23.4 Å². The van der Waals surface area contributed by atoms with Crippen molar-refractivity contribution < 1.29 is 49.8 Å². The van der Waals surface area contributed by atoms with Gasteiger partial charge in [0, 0.05) is 5.56 Å². The number of guanidine groups is 1. The molecule has 1 amide bonds. The number of amides is 1. The van der Waals surface area contributed by atoms with Crippen molar-refractivity contribution in [2.45, 2.75) is 94.3 Å². The molecule has 3 aliphatic rings. The molecule has 4 N–H and O–H groups in total. The zero-order valence-electron chi connectivity index (χ0n) is 30.1. The van der Waals surface area contributed by atoms with Gasteiger partial charge in [0.2, 0.25) is 6.41 Å². The summed E-state index contributed by atoms with van der Waals surface area (Å²) < 4.78 is 119. The molecule has 3 atom stereocenters. The Labute approximate surface area is 323 Å². The van der Waals surface area contributed by atoms with Crippen LogP contribution in [0.5, 0.6) is 0 Å². The number of aliphatic imine (C=N–C) groups is 1. The van der Waals surface area contributed by atoms with Crippen LogP contribution in [0.1, 0.15) is 81.4 Å². The van der Waals surface area contributed by atoms with Gasteiger partial charge in [-0.2, -0.15) is 46.4 Å². The number of benzene rings is 2. The largest absolute Gasteiger partial charge is 0.406 e. The fourth-order valence-electron chi connectivity index (χ4n) is 6.75. The minimum absolute atomic E-state index is 0.0109. The number of aliphatic hydroxyl groups excluding tert-OH is 1. The maximum Gasteiger partial charge on any atom is 0.406 e. The number of carbonyl (C=O) groups is 1. The molecule has 13 nitrogen and oxygen atoms in total. The van der Waals surface area contributed by atoms with Gasteiger partial charge >= 0.3 is 12.4 Å². The molecule has 22 heteroatoms. The van der Waals surface area contributed by atoms with Crippen LogP contribution in [-0.2, 0) is 15.1 Å². The van der Waals surface area contributed by atoms with E-state index in [1.165, 1.54) is 36.5 Å². The van der Waals surface area contributed by atoms with Crippen LogP contribution < -0.4 is 11.1 Å². The number of nitrogens with two attached hydrogens (primary N) is 1. The van der Waals surface area contributed by atoms with E-state index in [1.54, 1.807) is 16.9 Å². The molecule has 1 aliphatic heterocycles. The van der Waals surface area contributed by atoms with Crippen LogP contribution in [0.4, 0.5) is 35.1 Å². The molecule has 3 heterocycles. The van der Waals surface area contributed by atoms with Crippen molar-refractivity contribution in [3.8, 4) is 16.9 Å². The molecule has 7 rings (SSSR count). The molecule has 1 unspecified atom stereocenters. The molecule has 2 aliphatic carbocycles. The first-order valence-electron chi connectivity index (χ1n) is 17.6. The van der Waals surface area contributed by atoms with Crippen molar-refractivity contribution in [1.82, 2.24) is 40.0 Å². The van der Waals surface area contributed by atoms with E-state index in [0.717, 1.165) is 42.6 Å². The third kappa shape index (κ3) is 7.56. The third-order valence-corrected chi connectivity index (χ3v) is 10.7. The zero-order chi connectivity index (χ0) is 41.3. The van der Waals surface area contributed by atoms with Gasteiger partial charge in [-0.05, 0) is 55.4 Å². The Hall–Kier alpha value is -4.73. The van der Waals surface area contributed by atoms with E-state index in [0.29, 0.717) is 11.3 Å². The molecular weight excluding hydrogens is 796 g/mol. The second kappa shape index (κ2) is 14.3. The fraction of sp³-hybridized carbons (Fsp3) is 0.486. The van der Waals surface area contributed by atoms with Gasteiger partial charge in [0.05, 0.1) is 41.0 Å². The quantitative estimate of drug-likeness (QED) is 0.0952. The highest BCUT2D eigenvalue weighted by Crippen LogP contribution is 2.52. The second-order valence-electron chi connectivity index (χ2n) is 14.9. The van der Waals surface area contributed by atoms with E-state index in [1.807, 2.05) is 5.32 Å². The Morgan fingerprint density at radius 3 is 2.33 bits per heavy atom. The number of hydrogen-bond donors (Lipinski definition) is 3. The normalized spacial score (nSPS) is 21.0. The van der Waals surface area contributed by atoms with Crippen LogP contribution >= 0.6 is 11.6 Å². The van der Waals surface area contributed by atoms with Gasteiger partial charge in [-0.3, -0.25) is 15.0 Å². The highest BCUT2D eigenvalue weighted by molar-refractivity contribution is 6.32. The minimum atomic E-state index is -4.85. The molecule has 2 aromatic heterocycles. The van der Waals surface area contributed by atoms with Crippen molar-refractivity contribution in [2.75, 3.05) is 6.61 Å². The molecular formula is C35H35ClF8N10O3. The van der Waals surface area contributed by atoms with E-state index >= 15 is 0 Å². The Bertz CT molecular complexity index is 2170. The molecule has 306 valence electrons. The molecule has 2 aromatic carbocycles. The zero-order valence-corrected chi connectivity index (χ0v) is 30.8. The number of rotatable bonds is 14. The van der Waals surface area contributed by atoms with E-state index in [2.05, 4.69) is 25.3 Å². The Morgan fingerprint density at radius 1 is 1.05 bits per heavy atom. The number of carbonyl (C=O) groups excluding carboxylic acids is 1. The van der Waals surface area contributed by atoms with Crippen LogP contribution in [0.15, 0.2) is 60.0 Å². The molecule has 2 saturated carbocycles. The molecule has 57 heavy (non-hydrogen) atoms. The summed E-state index contributed by atoms with van der Waals surface area (Å²) >= 11 is 6.39. The Kier molecular flexibility index (Phi) is 10.1. The number of alkyl halides is 8. The number of ether oxygens (including phenoxy) is 1. The standard InChI is InChI=1S/C35H35ClF8N10O3/c1-31(2,34(39,40)41)16-33(20-6-3-18(4-7-20)23-14-47-54(51-23)21-8-9-21)28(55)52(29(45)49-33)25(15-57-30(56)50-32(11-12-32)35(42,43)44)19-5-10-22(36)24(13-19)53-27(26(37)38)46-17-48-53/h3-7,10,13-14,17,21,25-26,30,50,56H,8-9,11-12,15-16H2,1-2H3,(H2,45,49)/t25-,30?,33-/m1/s1. The van der Waals surface area contributed by atoms with Crippen LogP contribution in [0, 0.1) is 5.41 Å². The van der Waals surface area contributed by atoms with Crippen LogP contribution in [0.3, 0.4) is 0 Å². The van der Waals surface area contributed by atoms with Gasteiger partial charge < -0.3 is 15.6 Å². The number of aliphatic hydroxyl groups is 1. The van der Waals surface area contributed by atoms with Gasteiger partial charge in [0.1, 0.15) is 17.6 Å². The lowest BCUT2D eigenvalue weighted by atomic mass is 9.74. The summed E-state index contributed by atoms with van der Waals surface area (Å²) in [5.74, 6) is -2.50. The van der Waals surface area contributed by atoms with E-state index in [9.17, 15) is 45.0 Å². The lowest BCUT2D eigenvalue weighted by molar-refractivity contribution is -0.218. The minimum Gasteiger partial charge on any atom is -0.369 e. The van der Waals surface area contributed by atoms with Crippen LogP contribution in [0.25, 0.3) is 16.9 Å². The van der Waals surface area contributed by atoms with Gasteiger partial charge in [0.15, 0.2) is 17.3 Å². The molecule has 0 spiro atoms. The Morgan fingerprint density at radius 2 is 1.74 bits per heavy atom. The second-order valence-corrected chi connectivity index (χ2v) is 15.3. The highest BCUT2D eigenvalue weighted by Gasteiger charge is 2.64. The number of halogens is 9. The van der Waals surface area contributed by atoms with Gasteiger partial charge in [-0.1, -0.05) is 55.8 Å². The number of hydrogen-bond acceptors (Lipinski definition) is 10. The van der Waals surface area contributed by atoms with Crippen LogP contribution in [-0.4, -0.2) is 82.5 Å². The fourth-order valence-corrected chi connectivity index (χ4v) is 6.95. The molecule has 0 saturated heterocycles. The average Bonchev–Trinajstić information content (AvgIpc) is 4.00. The SMILES string of the molecule is CC(C)(C[C@]1(c2ccc(-c3cnn(C4CC4)n3)cc2)N=C(N)N([C@H](COC(O)NC2(C(F)(F)F)CC2)c2ccc(Cl)c(-n3ncnc3C(F)F)c2)C1=O)C(F)(F)F. The van der Waals surface area contributed by atoms with Crippen molar-refractivity contribution in [1.29, 1.82) is 0 Å². The summed E-state index contributed by atoms with van der Waals surface area (Å²) in [6, 6.07) is 8.28. The highest BCUT2D eigenvalue weighted by atomic mass is 35.5. The molecule has 2 fully saturated rings. The average molecular weight is 831 g/mol. The van der Waals surface area contributed by atoms with Crippen molar-refractivity contribution in [3.05, 3.63) is 77.0 Å². The smallest absolute Gasteiger partial charge is 0.369 e. The van der Waals surface area contributed by atoms with Crippen molar-refractivity contribution in [2.24, 2.45) is 16.1 Å². The first kappa shape index (κ1) is 40.5. The summed E-state index contributed by atoms with van der Waals surface area (Å²) in [6.45, 7) is 0.947. The maximum absolute atomic E-state index is 14.9. The lowest BCUT2D eigenvalue weighted by Crippen LogP contribution is -2.52. The lowest BCUT2D eigenvalue weighted by Gasteiger charge is -2.37. The monoisotopic (exact) mass is 830 g/mol. The predicted octanol–water partition coefficient (Wildman–Crippen LogP) is 6.50. The van der Waals surface area contributed by atoms with Crippen molar-refractivity contribution >= 4 is 23.5 Å². The number of nitrogens with one attached hydrogen (secondary N) is 1. The molecule has 4 aromatic rings. The van der Waals surface area contributed by atoms with E-state index in [4.69, 9.17) is 22.1 Å². The van der Waals surface area contributed by atoms with Crippen LogP contribution in [0.2, 0.25) is 5.02 Å². The van der Waals surface area contributed by atoms with Gasteiger partial charge in [-0.15, -0.1) is 0 Å². The summed E-state index contributed by atoms with van der Waals surface area (Å²) in [5, 5.41) is 25.0. The van der Waals surface area contributed by atoms with Gasteiger partial charge in [0.25, 0.3) is 12.3 Å². The first-order valence-corrected chi connectivity index (χ1v) is 17.9. The third-order valence-electron chi connectivity index (χ3n) is 10.4. The Balaban J connectivity index is 1.29. The van der Waals surface area contributed by atoms with E-state index < -0.39 is 78.4 Å². The molecule has 0 radical (unpaired) electrons. The number of nitrogens with zero attached hydrogens (tertiary/aromatic N) is 8. The van der Waals surface area contributed by atoms with Crippen molar-refractivity contribution in [3.63, 3.8) is 0 Å².